The molecule has 8 heteroatoms. The van der Waals surface area contributed by atoms with Crippen molar-refractivity contribution in [3.05, 3.63) is 0 Å². The number of hydrogen-bond acceptors (Lipinski definition) is 4. The first-order valence-corrected chi connectivity index (χ1v) is 6.71. The second-order valence-electron chi connectivity index (χ2n) is 6.05. The number of piperazine rings is 1. The molecule has 2 atom stereocenters. The van der Waals surface area contributed by atoms with Crippen molar-refractivity contribution >= 4 is 23.8 Å². The molecule has 1 rings (SSSR count). The number of nitrogens with zero attached hydrogens (tertiary/aromatic N) is 1. The first-order valence-electron chi connectivity index (χ1n) is 6.71. The Morgan fingerprint density at radius 3 is 2.43 bits per heavy atom. The summed E-state index contributed by atoms with van der Waals surface area (Å²) >= 11 is 0. The monoisotopic (exact) mass is 299 g/mol. The van der Waals surface area contributed by atoms with Crippen molar-refractivity contribution < 1.29 is 24.3 Å². The van der Waals surface area contributed by atoms with Crippen LogP contribution in [-0.2, 0) is 14.4 Å². The van der Waals surface area contributed by atoms with E-state index >= 15 is 0 Å². The number of urea groups is 1. The molecule has 0 aromatic heterocycles. The minimum atomic E-state index is -1.17. The topological polar surface area (TPSA) is 116 Å². The highest BCUT2D eigenvalue weighted by molar-refractivity contribution is 6.04. The molecule has 8 nitrogen and oxygen atoms in total. The summed E-state index contributed by atoms with van der Waals surface area (Å²) in [6.07, 6.45) is 0.333. The van der Waals surface area contributed by atoms with Crippen LogP contribution in [0.5, 0.6) is 0 Å². The molecule has 0 spiro atoms. The van der Waals surface area contributed by atoms with Gasteiger partial charge >= 0.3 is 12.0 Å². The van der Waals surface area contributed by atoms with Crippen LogP contribution >= 0.6 is 0 Å². The maximum Gasteiger partial charge on any atom is 0.326 e. The Balaban J connectivity index is 2.92. The molecule has 0 aromatic rings. The molecule has 0 saturated carbocycles. The van der Waals surface area contributed by atoms with E-state index in [1.54, 1.807) is 27.7 Å². The highest BCUT2D eigenvalue weighted by Gasteiger charge is 2.39. The van der Waals surface area contributed by atoms with Crippen LogP contribution in [0.1, 0.15) is 34.1 Å². The van der Waals surface area contributed by atoms with E-state index in [1.807, 2.05) is 0 Å². The van der Waals surface area contributed by atoms with E-state index in [9.17, 15) is 24.3 Å². The van der Waals surface area contributed by atoms with Gasteiger partial charge < -0.3 is 15.3 Å². The third-order valence-electron chi connectivity index (χ3n) is 3.28. The zero-order valence-electron chi connectivity index (χ0n) is 12.6. The Labute approximate surface area is 122 Å². The molecule has 1 unspecified atom stereocenters. The van der Waals surface area contributed by atoms with Crippen molar-refractivity contribution in [1.29, 1.82) is 0 Å². The van der Waals surface area contributed by atoms with Crippen molar-refractivity contribution in [3.63, 3.8) is 0 Å². The maximum absolute atomic E-state index is 12.2. The summed E-state index contributed by atoms with van der Waals surface area (Å²) in [6, 6.07) is -2.63. The second-order valence-corrected chi connectivity index (χ2v) is 6.05. The van der Waals surface area contributed by atoms with E-state index in [-0.39, 0.29) is 6.54 Å². The Kier molecular flexibility index (Phi) is 4.93. The van der Waals surface area contributed by atoms with Gasteiger partial charge in [0.15, 0.2) is 0 Å². The van der Waals surface area contributed by atoms with Crippen molar-refractivity contribution in [2.24, 2.45) is 5.41 Å². The molecule has 1 saturated heterocycles. The SMILES string of the molecule is CCC1C(=O)NC(=O)CN1C(=O)N[C@H](C(=O)O)C(C)(C)C. The molecule has 1 aliphatic heterocycles. The normalized spacial score (nSPS) is 20.8. The maximum atomic E-state index is 12.2. The zero-order chi connectivity index (χ0) is 16.4. The number of nitrogens with one attached hydrogen (secondary N) is 2. The van der Waals surface area contributed by atoms with Crippen molar-refractivity contribution in [2.75, 3.05) is 6.54 Å². The average molecular weight is 299 g/mol. The number of imide groups is 1. The van der Waals surface area contributed by atoms with E-state index in [2.05, 4.69) is 10.6 Å². The van der Waals surface area contributed by atoms with Gasteiger partial charge in [-0.05, 0) is 11.8 Å². The standard InChI is InChI=1S/C13H21N3O5/c1-5-7-10(18)14-8(17)6-16(7)12(21)15-9(11(19)20)13(2,3)4/h7,9H,5-6H2,1-4H3,(H,15,21)(H,19,20)(H,14,17,18)/t7?,9-/m1/s1. The highest BCUT2D eigenvalue weighted by atomic mass is 16.4. The predicted molar refractivity (Wildman–Crippen MR) is 73.3 cm³/mol. The number of carboxylic acids is 1. The number of amides is 4. The third-order valence-corrected chi connectivity index (χ3v) is 3.28. The molecule has 1 aliphatic rings. The lowest BCUT2D eigenvalue weighted by Gasteiger charge is -2.36. The molecular formula is C13H21N3O5. The molecule has 21 heavy (non-hydrogen) atoms. The summed E-state index contributed by atoms with van der Waals surface area (Å²) < 4.78 is 0. The molecule has 1 heterocycles. The summed E-state index contributed by atoms with van der Waals surface area (Å²) in [5, 5.41) is 13.7. The fourth-order valence-corrected chi connectivity index (χ4v) is 2.14. The van der Waals surface area contributed by atoms with Gasteiger partial charge in [-0.2, -0.15) is 0 Å². The van der Waals surface area contributed by atoms with Crippen LogP contribution in [-0.4, -0.2) is 52.4 Å². The van der Waals surface area contributed by atoms with Gasteiger partial charge in [0.25, 0.3) is 0 Å². The van der Waals surface area contributed by atoms with Gasteiger partial charge in [-0.25, -0.2) is 9.59 Å². The van der Waals surface area contributed by atoms with E-state index in [0.29, 0.717) is 6.42 Å². The number of aliphatic carboxylic acids is 1. The molecule has 0 aromatic carbocycles. The number of carbonyl (C=O) groups excluding carboxylic acids is 3. The van der Waals surface area contributed by atoms with Crippen molar-refractivity contribution in [2.45, 2.75) is 46.2 Å². The minimum absolute atomic E-state index is 0.271. The van der Waals surface area contributed by atoms with Gasteiger partial charge in [0.2, 0.25) is 11.8 Å². The van der Waals surface area contributed by atoms with E-state index in [0.717, 1.165) is 4.90 Å². The van der Waals surface area contributed by atoms with E-state index < -0.39 is 41.3 Å². The first kappa shape index (κ1) is 16.9. The van der Waals surface area contributed by atoms with Crippen LogP contribution in [0.2, 0.25) is 0 Å². The predicted octanol–water partition coefficient (Wildman–Crippen LogP) is -0.0677. The van der Waals surface area contributed by atoms with Crippen molar-refractivity contribution in [1.82, 2.24) is 15.5 Å². The molecule has 0 bridgehead atoms. The fraction of sp³-hybridized carbons (Fsp3) is 0.692. The smallest absolute Gasteiger partial charge is 0.326 e. The van der Waals surface area contributed by atoms with E-state index in [1.165, 1.54) is 0 Å². The molecule has 0 radical (unpaired) electrons. The summed E-state index contributed by atoms with van der Waals surface area (Å²) in [4.78, 5) is 47.7. The van der Waals surface area contributed by atoms with Gasteiger partial charge in [0.1, 0.15) is 18.6 Å². The van der Waals surface area contributed by atoms with Crippen LogP contribution in [0.15, 0.2) is 0 Å². The summed E-state index contributed by atoms with van der Waals surface area (Å²) in [6.45, 7) is 6.47. The van der Waals surface area contributed by atoms with Crippen LogP contribution < -0.4 is 10.6 Å². The van der Waals surface area contributed by atoms with E-state index in [4.69, 9.17) is 0 Å². The molecule has 1 fully saturated rings. The molecule has 118 valence electrons. The zero-order valence-corrected chi connectivity index (χ0v) is 12.6. The summed E-state index contributed by atoms with van der Waals surface area (Å²) in [5.41, 5.74) is -0.703. The van der Waals surface area contributed by atoms with Gasteiger partial charge in [-0.3, -0.25) is 14.9 Å². The first-order chi connectivity index (χ1) is 9.57. The highest BCUT2D eigenvalue weighted by Crippen LogP contribution is 2.20. The van der Waals surface area contributed by atoms with Gasteiger partial charge in [-0.15, -0.1) is 0 Å². The molecule has 3 N–H and O–H groups in total. The average Bonchev–Trinajstić information content (AvgIpc) is 2.32. The van der Waals surface area contributed by atoms with Crippen molar-refractivity contribution in [3.8, 4) is 0 Å². The Hall–Kier alpha value is -2.12. The summed E-state index contributed by atoms with van der Waals surface area (Å²) in [5.74, 6) is -2.30. The molecular weight excluding hydrogens is 278 g/mol. The van der Waals surface area contributed by atoms with Crippen LogP contribution in [0.3, 0.4) is 0 Å². The number of carboxylic acid groups (broad SMARTS) is 1. The Morgan fingerprint density at radius 2 is 2.00 bits per heavy atom. The molecule has 0 aliphatic carbocycles. The number of carbonyl (C=O) groups is 4. The molecule has 4 amide bonds. The van der Waals surface area contributed by atoms with Crippen LogP contribution in [0, 0.1) is 5.41 Å². The number of rotatable bonds is 3. The second kappa shape index (κ2) is 6.11. The fourth-order valence-electron chi connectivity index (χ4n) is 2.14. The van der Waals surface area contributed by atoms with Crippen LogP contribution in [0.25, 0.3) is 0 Å². The Bertz CT molecular complexity index is 469. The van der Waals surface area contributed by atoms with Gasteiger partial charge in [0.05, 0.1) is 0 Å². The lowest BCUT2D eigenvalue weighted by atomic mass is 9.87. The van der Waals surface area contributed by atoms with Crippen LogP contribution in [0.4, 0.5) is 4.79 Å². The largest absolute Gasteiger partial charge is 0.480 e. The number of hydrogen-bond donors (Lipinski definition) is 3. The minimum Gasteiger partial charge on any atom is -0.480 e. The van der Waals surface area contributed by atoms with Gasteiger partial charge in [0, 0.05) is 0 Å². The lowest BCUT2D eigenvalue weighted by molar-refractivity contribution is -0.142. The quantitative estimate of drug-likeness (QED) is 0.631. The van der Waals surface area contributed by atoms with Gasteiger partial charge in [-0.1, -0.05) is 27.7 Å². The third kappa shape index (κ3) is 3.93. The Morgan fingerprint density at radius 1 is 1.43 bits per heavy atom. The summed E-state index contributed by atoms with van der Waals surface area (Å²) in [7, 11) is 0. The lowest BCUT2D eigenvalue weighted by Crippen LogP contribution is -2.63.